The number of rotatable bonds is 7. The molecule has 1 aliphatic rings. The van der Waals surface area contributed by atoms with E-state index < -0.39 is 0 Å². The van der Waals surface area contributed by atoms with Crippen molar-refractivity contribution < 1.29 is 14.3 Å². The maximum absolute atomic E-state index is 11.3. The van der Waals surface area contributed by atoms with Gasteiger partial charge in [0, 0.05) is 25.6 Å². The summed E-state index contributed by atoms with van der Waals surface area (Å²) in [6.45, 7) is 4.22. The molecule has 1 saturated heterocycles. The first-order chi connectivity index (χ1) is 7.72. The Bertz CT molecular complexity index is 205. The van der Waals surface area contributed by atoms with Gasteiger partial charge in [0.2, 0.25) is 5.91 Å². The fourth-order valence-corrected chi connectivity index (χ4v) is 1.56. The van der Waals surface area contributed by atoms with Crippen molar-refractivity contribution in [1.82, 2.24) is 5.32 Å². The third-order valence-corrected chi connectivity index (χ3v) is 2.56. The van der Waals surface area contributed by atoms with E-state index in [0.717, 1.165) is 19.4 Å². The molecule has 1 aliphatic heterocycles. The lowest BCUT2D eigenvalue weighted by molar-refractivity contribution is -0.123. The van der Waals surface area contributed by atoms with Gasteiger partial charge in [-0.2, -0.15) is 0 Å². The van der Waals surface area contributed by atoms with Crippen LogP contribution in [0.2, 0.25) is 0 Å². The van der Waals surface area contributed by atoms with Crippen molar-refractivity contribution in [3.05, 3.63) is 0 Å². The summed E-state index contributed by atoms with van der Waals surface area (Å²) in [6.07, 6.45) is 2.79. The summed E-state index contributed by atoms with van der Waals surface area (Å²) in [7, 11) is 0. The van der Waals surface area contributed by atoms with E-state index in [-0.39, 0.29) is 18.1 Å². The predicted molar refractivity (Wildman–Crippen MR) is 61.1 cm³/mol. The summed E-state index contributed by atoms with van der Waals surface area (Å²) in [5.74, 6) is -0.00899. The molecule has 0 radical (unpaired) electrons. The highest BCUT2D eigenvalue weighted by Gasteiger charge is 2.15. The molecular formula is C11H22N2O3. The average Bonchev–Trinajstić information content (AvgIpc) is 2.77. The van der Waals surface area contributed by atoms with Crippen LogP contribution in [0.4, 0.5) is 0 Å². The molecule has 5 nitrogen and oxygen atoms in total. The van der Waals surface area contributed by atoms with Crippen LogP contribution in [0.1, 0.15) is 26.2 Å². The van der Waals surface area contributed by atoms with Crippen molar-refractivity contribution in [2.45, 2.75) is 38.3 Å². The maximum atomic E-state index is 11.3. The summed E-state index contributed by atoms with van der Waals surface area (Å²) in [5, 5.41) is 2.78. The second kappa shape index (κ2) is 7.60. The Balaban J connectivity index is 1.95. The molecule has 16 heavy (non-hydrogen) atoms. The smallest absolute Gasteiger partial charge is 0.222 e. The van der Waals surface area contributed by atoms with E-state index in [1.165, 1.54) is 0 Å². The molecule has 1 fully saturated rings. The van der Waals surface area contributed by atoms with Crippen LogP contribution in [-0.2, 0) is 14.3 Å². The number of carbonyl (C=O) groups is 1. The first-order valence-electron chi connectivity index (χ1n) is 5.91. The molecule has 1 rings (SSSR count). The molecule has 0 aromatic carbocycles. The van der Waals surface area contributed by atoms with Crippen molar-refractivity contribution in [3.63, 3.8) is 0 Å². The number of amides is 1. The molecule has 0 saturated carbocycles. The first-order valence-corrected chi connectivity index (χ1v) is 5.91. The van der Waals surface area contributed by atoms with Crippen molar-refractivity contribution in [3.8, 4) is 0 Å². The van der Waals surface area contributed by atoms with Gasteiger partial charge in [-0.3, -0.25) is 4.79 Å². The lowest BCUT2D eigenvalue weighted by Crippen LogP contribution is -2.38. The van der Waals surface area contributed by atoms with Crippen LogP contribution in [0.3, 0.4) is 0 Å². The largest absolute Gasteiger partial charge is 0.378 e. The summed E-state index contributed by atoms with van der Waals surface area (Å²) >= 11 is 0. The molecule has 0 aromatic rings. The Morgan fingerprint density at radius 3 is 3.12 bits per heavy atom. The normalized spacial score (nSPS) is 22.0. The topological polar surface area (TPSA) is 73.6 Å². The van der Waals surface area contributed by atoms with Gasteiger partial charge in [0.05, 0.1) is 19.3 Å². The van der Waals surface area contributed by atoms with E-state index in [2.05, 4.69) is 5.32 Å². The van der Waals surface area contributed by atoms with E-state index in [1.54, 1.807) is 0 Å². The minimum Gasteiger partial charge on any atom is -0.378 e. The molecule has 3 N–H and O–H groups in total. The van der Waals surface area contributed by atoms with Gasteiger partial charge in [-0.1, -0.05) is 0 Å². The third kappa shape index (κ3) is 5.44. The number of hydrogen-bond donors (Lipinski definition) is 2. The minimum absolute atomic E-state index is 0.00899. The zero-order chi connectivity index (χ0) is 11.8. The van der Waals surface area contributed by atoms with Crippen LogP contribution in [0.5, 0.6) is 0 Å². The van der Waals surface area contributed by atoms with Crippen LogP contribution in [0, 0.1) is 0 Å². The molecule has 0 aliphatic carbocycles. The lowest BCUT2D eigenvalue weighted by Gasteiger charge is -2.12. The number of hydrogen-bond acceptors (Lipinski definition) is 4. The van der Waals surface area contributed by atoms with E-state index in [1.807, 2.05) is 6.92 Å². The van der Waals surface area contributed by atoms with E-state index in [9.17, 15) is 4.79 Å². The molecule has 0 spiro atoms. The van der Waals surface area contributed by atoms with Crippen LogP contribution in [-0.4, -0.2) is 44.4 Å². The molecular weight excluding hydrogens is 208 g/mol. The average molecular weight is 230 g/mol. The van der Waals surface area contributed by atoms with Gasteiger partial charge in [-0.25, -0.2) is 0 Å². The van der Waals surface area contributed by atoms with Gasteiger partial charge in [0.25, 0.3) is 0 Å². The zero-order valence-corrected chi connectivity index (χ0v) is 9.91. The fourth-order valence-electron chi connectivity index (χ4n) is 1.56. The van der Waals surface area contributed by atoms with E-state index in [0.29, 0.717) is 26.2 Å². The molecule has 0 aromatic heterocycles. The standard InChI is InChI=1S/C11H22N2O3/c1-9(7-12)13-11(14)4-6-15-8-10-3-2-5-16-10/h9-10H,2-8,12H2,1H3,(H,13,14)/t9-,10?/m0/s1. The monoisotopic (exact) mass is 230 g/mol. The number of ether oxygens (including phenoxy) is 2. The second-order valence-corrected chi connectivity index (χ2v) is 4.16. The first kappa shape index (κ1) is 13.4. The highest BCUT2D eigenvalue weighted by atomic mass is 16.5. The Morgan fingerprint density at radius 1 is 1.69 bits per heavy atom. The Labute approximate surface area is 96.7 Å². The highest BCUT2D eigenvalue weighted by molar-refractivity contribution is 5.76. The second-order valence-electron chi connectivity index (χ2n) is 4.16. The molecule has 2 atom stereocenters. The number of nitrogens with two attached hydrogens (primary N) is 1. The van der Waals surface area contributed by atoms with Crippen molar-refractivity contribution >= 4 is 5.91 Å². The Hall–Kier alpha value is -0.650. The van der Waals surface area contributed by atoms with Crippen LogP contribution in [0.25, 0.3) is 0 Å². The SMILES string of the molecule is C[C@@H](CN)NC(=O)CCOCC1CCCO1. The number of nitrogens with one attached hydrogen (secondary N) is 1. The Kier molecular flexibility index (Phi) is 6.37. The molecule has 1 unspecified atom stereocenters. The van der Waals surface area contributed by atoms with Crippen LogP contribution in [0.15, 0.2) is 0 Å². The van der Waals surface area contributed by atoms with Gasteiger partial charge < -0.3 is 20.5 Å². The fraction of sp³-hybridized carbons (Fsp3) is 0.909. The van der Waals surface area contributed by atoms with Crippen molar-refractivity contribution in [1.29, 1.82) is 0 Å². The summed E-state index contributed by atoms with van der Waals surface area (Å²) in [4.78, 5) is 11.3. The van der Waals surface area contributed by atoms with Gasteiger partial charge >= 0.3 is 0 Å². The molecule has 0 bridgehead atoms. The minimum atomic E-state index is -0.00899. The van der Waals surface area contributed by atoms with Crippen LogP contribution < -0.4 is 11.1 Å². The molecule has 1 heterocycles. The van der Waals surface area contributed by atoms with Gasteiger partial charge in [-0.05, 0) is 19.8 Å². The lowest BCUT2D eigenvalue weighted by atomic mass is 10.2. The quantitative estimate of drug-likeness (QED) is 0.605. The van der Waals surface area contributed by atoms with E-state index in [4.69, 9.17) is 15.2 Å². The molecule has 5 heteroatoms. The zero-order valence-electron chi connectivity index (χ0n) is 9.91. The third-order valence-electron chi connectivity index (χ3n) is 2.56. The summed E-state index contributed by atoms with van der Waals surface area (Å²) in [6, 6.07) is 0.0330. The van der Waals surface area contributed by atoms with Crippen molar-refractivity contribution in [2.75, 3.05) is 26.4 Å². The predicted octanol–water partition coefficient (Wildman–Crippen LogP) is 0.0355. The number of carbonyl (C=O) groups excluding carboxylic acids is 1. The highest BCUT2D eigenvalue weighted by Crippen LogP contribution is 2.11. The summed E-state index contributed by atoms with van der Waals surface area (Å²) in [5.41, 5.74) is 5.40. The summed E-state index contributed by atoms with van der Waals surface area (Å²) < 4.78 is 10.8. The van der Waals surface area contributed by atoms with Gasteiger partial charge in [-0.15, -0.1) is 0 Å². The molecule has 1 amide bonds. The van der Waals surface area contributed by atoms with Crippen molar-refractivity contribution in [2.24, 2.45) is 5.73 Å². The van der Waals surface area contributed by atoms with Gasteiger partial charge in [0.15, 0.2) is 0 Å². The maximum Gasteiger partial charge on any atom is 0.222 e. The Morgan fingerprint density at radius 2 is 2.50 bits per heavy atom. The van der Waals surface area contributed by atoms with E-state index >= 15 is 0 Å². The van der Waals surface area contributed by atoms with Crippen LogP contribution >= 0.6 is 0 Å². The molecule has 94 valence electrons. The van der Waals surface area contributed by atoms with Gasteiger partial charge in [0.1, 0.15) is 0 Å².